The third-order valence-electron chi connectivity index (χ3n) is 3.32. The molecule has 4 nitrogen and oxygen atoms in total. The van der Waals surface area contributed by atoms with Crippen molar-refractivity contribution in [2.45, 2.75) is 19.0 Å². The molecule has 0 spiro atoms. The first-order valence-electron chi connectivity index (χ1n) is 7.45. The minimum atomic E-state index is -4.46. The fourth-order valence-corrected chi connectivity index (χ4v) is 2.44. The van der Waals surface area contributed by atoms with Gasteiger partial charge in [-0.1, -0.05) is 29.8 Å². The predicted octanol–water partition coefficient (Wildman–Crippen LogP) is 4.50. The lowest BCUT2D eigenvalue weighted by Gasteiger charge is -2.22. The molecule has 0 N–H and O–H groups in total. The fourth-order valence-electron chi connectivity index (χ4n) is 2.21. The maximum Gasteiger partial charge on any atom is 0.406 e. The van der Waals surface area contributed by atoms with Gasteiger partial charge in [-0.15, -0.1) is 6.58 Å². The van der Waals surface area contributed by atoms with Crippen molar-refractivity contribution < 1.29 is 22.4 Å². The summed E-state index contributed by atoms with van der Waals surface area (Å²) in [4.78, 5) is 16.7. The van der Waals surface area contributed by atoms with Crippen molar-refractivity contribution in [2.24, 2.45) is 0 Å². The molecular weight excluding hydrogens is 357 g/mol. The van der Waals surface area contributed by atoms with Crippen LogP contribution in [0.3, 0.4) is 0 Å². The lowest BCUT2D eigenvalue weighted by molar-refractivity contribution is -0.160. The Balaban J connectivity index is 2.00. The molecule has 0 saturated carbocycles. The molecule has 25 heavy (non-hydrogen) atoms. The number of carbonyl (C=O) groups is 1. The number of halogens is 4. The number of aromatic nitrogens is 1. The van der Waals surface area contributed by atoms with Crippen LogP contribution in [-0.4, -0.2) is 35.1 Å². The van der Waals surface area contributed by atoms with E-state index < -0.39 is 18.6 Å². The van der Waals surface area contributed by atoms with Gasteiger partial charge in [0, 0.05) is 24.9 Å². The van der Waals surface area contributed by atoms with Crippen LogP contribution in [0.15, 0.2) is 47.5 Å². The second kappa shape index (κ2) is 8.20. The third-order valence-corrected chi connectivity index (χ3v) is 3.65. The number of hydrogen-bond acceptors (Lipinski definition) is 3. The van der Waals surface area contributed by atoms with Crippen LogP contribution in [0.25, 0.3) is 11.3 Å². The predicted molar refractivity (Wildman–Crippen MR) is 88.1 cm³/mol. The molecule has 0 aliphatic heterocycles. The quantitative estimate of drug-likeness (QED) is 0.672. The van der Waals surface area contributed by atoms with Crippen LogP contribution >= 0.6 is 11.6 Å². The van der Waals surface area contributed by atoms with Gasteiger partial charge in [0.25, 0.3) is 0 Å². The van der Waals surface area contributed by atoms with Crippen molar-refractivity contribution >= 4 is 17.5 Å². The molecule has 0 unspecified atom stereocenters. The number of nitrogens with zero attached hydrogens (tertiary/aromatic N) is 2. The summed E-state index contributed by atoms with van der Waals surface area (Å²) in [6, 6.07) is 7.02. The normalized spacial score (nSPS) is 11.4. The molecule has 0 aliphatic carbocycles. The number of alkyl halides is 3. The summed E-state index contributed by atoms with van der Waals surface area (Å²) in [7, 11) is 0. The highest BCUT2D eigenvalue weighted by atomic mass is 35.5. The van der Waals surface area contributed by atoms with Gasteiger partial charge >= 0.3 is 6.18 Å². The first-order chi connectivity index (χ1) is 11.8. The summed E-state index contributed by atoms with van der Waals surface area (Å²) in [5.74, 6) is 0.0508. The first kappa shape index (κ1) is 19.1. The van der Waals surface area contributed by atoms with Gasteiger partial charge in [0.2, 0.25) is 5.91 Å². The fraction of sp³-hybridized carbons (Fsp3) is 0.294. The highest BCUT2D eigenvalue weighted by molar-refractivity contribution is 6.33. The number of benzene rings is 1. The van der Waals surface area contributed by atoms with Crippen LogP contribution in [-0.2, 0) is 11.2 Å². The highest BCUT2D eigenvalue weighted by Gasteiger charge is 2.32. The summed E-state index contributed by atoms with van der Waals surface area (Å²) < 4.78 is 43.1. The van der Waals surface area contributed by atoms with Crippen molar-refractivity contribution in [3.05, 3.63) is 54.0 Å². The number of aryl methyl sites for hydroxylation is 1. The second-order valence-corrected chi connectivity index (χ2v) is 5.68. The Morgan fingerprint density at radius 3 is 2.72 bits per heavy atom. The van der Waals surface area contributed by atoms with Crippen molar-refractivity contribution in [2.75, 3.05) is 13.1 Å². The number of hydrogen-bond donors (Lipinski definition) is 0. The SMILES string of the molecule is C=CCN(CC(F)(F)F)C(=O)CCc1ncc(-c2ccccc2Cl)o1. The summed E-state index contributed by atoms with van der Waals surface area (Å²) in [5.41, 5.74) is 0.652. The maximum absolute atomic E-state index is 12.5. The summed E-state index contributed by atoms with van der Waals surface area (Å²) in [6.07, 6.45) is -1.79. The Labute approximate surface area is 147 Å². The van der Waals surface area contributed by atoms with Gasteiger partial charge in [-0.25, -0.2) is 4.98 Å². The molecule has 0 aliphatic rings. The van der Waals surface area contributed by atoms with E-state index in [1.54, 1.807) is 24.3 Å². The molecule has 0 atom stereocenters. The summed E-state index contributed by atoms with van der Waals surface area (Å²) >= 11 is 6.07. The van der Waals surface area contributed by atoms with Crippen molar-refractivity contribution in [3.8, 4) is 11.3 Å². The number of oxazole rings is 1. The standard InChI is InChI=1S/C17H16ClF3N2O2/c1-2-9-23(11-17(19,20)21)16(24)8-7-15-22-10-14(25-15)12-5-3-4-6-13(12)18/h2-6,10H,1,7-9,11H2. The molecule has 8 heteroatoms. The monoisotopic (exact) mass is 372 g/mol. The highest BCUT2D eigenvalue weighted by Crippen LogP contribution is 2.28. The van der Waals surface area contributed by atoms with E-state index in [2.05, 4.69) is 11.6 Å². The van der Waals surface area contributed by atoms with Crippen LogP contribution in [0.5, 0.6) is 0 Å². The van der Waals surface area contributed by atoms with Gasteiger partial charge in [-0.3, -0.25) is 4.79 Å². The molecule has 1 amide bonds. The molecule has 1 aromatic heterocycles. The Morgan fingerprint density at radius 2 is 2.08 bits per heavy atom. The average molecular weight is 373 g/mol. The largest absolute Gasteiger partial charge is 0.441 e. The van der Waals surface area contributed by atoms with Crippen LogP contribution in [0, 0.1) is 0 Å². The molecule has 134 valence electrons. The topological polar surface area (TPSA) is 46.3 Å². The first-order valence-corrected chi connectivity index (χ1v) is 7.83. The van der Waals surface area contributed by atoms with Gasteiger partial charge in [-0.05, 0) is 12.1 Å². The molecule has 2 rings (SSSR count). The van der Waals surface area contributed by atoms with Gasteiger partial charge in [0.05, 0.1) is 11.2 Å². The Morgan fingerprint density at radius 1 is 1.36 bits per heavy atom. The lowest BCUT2D eigenvalue weighted by Crippen LogP contribution is -2.39. The number of carbonyl (C=O) groups excluding carboxylic acids is 1. The van der Waals surface area contributed by atoms with Gasteiger partial charge in [0.1, 0.15) is 6.54 Å². The van der Waals surface area contributed by atoms with E-state index in [4.69, 9.17) is 16.0 Å². The van der Waals surface area contributed by atoms with Gasteiger partial charge < -0.3 is 9.32 Å². The number of rotatable bonds is 7. The van der Waals surface area contributed by atoms with Crippen LogP contribution in [0.4, 0.5) is 13.2 Å². The molecular formula is C17H16ClF3N2O2. The zero-order valence-electron chi connectivity index (χ0n) is 13.2. The van der Waals surface area contributed by atoms with E-state index >= 15 is 0 Å². The molecule has 0 radical (unpaired) electrons. The van der Waals surface area contributed by atoms with E-state index in [0.29, 0.717) is 21.2 Å². The summed E-state index contributed by atoms with van der Waals surface area (Å²) in [6.45, 7) is 1.89. The van der Waals surface area contributed by atoms with E-state index in [9.17, 15) is 18.0 Å². The van der Waals surface area contributed by atoms with E-state index in [0.717, 1.165) is 0 Å². The molecule has 1 aromatic carbocycles. The lowest BCUT2D eigenvalue weighted by atomic mass is 10.2. The smallest absolute Gasteiger partial charge is 0.406 e. The van der Waals surface area contributed by atoms with Gasteiger partial charge in [-0.2, -0.15) is 13.2 Å². The zero-order chi connectivity index (χ0) is 18.4. The van der Waals surface area contributed by atoms with E-state index in [-0.39, 0.29) is 25.3 Å². The Bertz CT molecular complexity index is 743. The minimum absolute atomic E-state index is 0.0920. The van der Waals surface area contributed by atoms with Crippen LogP contribution < -0.4 is 0 Å². The molecule has 0 fully saturated rings. The van der Waals surface area contributed by atoms with E-state index in [1.807, 2.05) is 0 Å². The van der Waals surface area contributed by atoms with Crippen molar-refractivity contribution in [1.29, 1.82) is 0 Å². The summed E-state index contributed by atoms with van der Waals surface area (Å²) in [5, 5.41) is 0.489. The Kier molecular flexibility index (Phi) is 6.25. The van der Waals surface area contributed by atoms with Crippen molar-refractivity contribution in [1.82, 2.24) is 9.88 Å². The minimum Gasteiger partial charge on any atom is -0.441 e. The van der Waals surface area contributed by atoms with E-state index in [1.165, 1.54) is 12.3 Å². The Hall–Kier alpha value is -2.28. The second-order valence-electron chi connectivity index (χ2n) is 5.28. The maximum atomic E-state index is 12.5. The molecule has 0 saturated heterocycles. The molecule has 1 heterocycles. The van der Waals surface area contributed by atoms with Crippen LogP contribution in [0.1, 0.15) is 12.3 Å². The molecule has 0 bridgehead atoms. The third kappa shape index (κ3) is 5.63. The van der Waals surface area contributed by atoms with Crippen molar-refractivity contribution in [3.63, 3.8) is 0 Å². The zero-order valence-corrected chi connectivity index (χ0v) is 14.0. The number of amides is 1. The average Bonchev–Trinajstić information content (AvgIpc) is 3.00. The van der Waals surface area contributed by atoms with Gasteiger partial charge in [0.15, 0.2) is 11.7 Å². The molecule has 2 aromatic rings. The van der Waals surface area contributed by atoms with Crippen LogP contribution in [0.2, 0.25) is 5.02 Å².